The second-order valence-corrected chi connectivity index (χ2v) is 22.7. The summed E-state index contributed by atoms with van der Waals surface area (Å²) in [5.74, 6) is 3.75. The highest BCUT2D eigenvalue weighted by Crippen LogP contribution is 2.94. The van der Waals surface area contributed by atoms with Gasteiger partial charge in [0.05, 0.1) is 16.7 Å². The maximum atomic E-state index is 2.66. The second kappa shape index (κ2) is 15.5. The Hall–Kier alpha value is -8.46. The summed E-state index contributed by atoms with van der Waals surface area (Å²) in [5.41, 5.74) is 24.3. The number of benzene rings is 9. The summed E-state index contributed by atoms with van der Waals surface area (Å²) in [6.45, 7) is 0. The SMILES string of the molecule is C1=CC2=CC=CC(c3ccccc3N(c3ccc(-c4ccc5c6ccccc6n(-c6ccccc6)c5c4)cc3)c3ccccc3-c3ccc4c(c3)C3(c5ccccc5-4)C4CC5CC6CC3C564)C2C(c2ccccc2)=C1. The number of hydrogen-bond donors (Lipinski definition) is 0. The van der Waals surface area contributed by atoms with Gasteiger partial charge in [0, 0.05) is 50.6 Å². The zero-order chi connectivity index (χ0) is 49.0. The molecule has 0 aliphatic heterocycles. The molecule has 0 N–H and O–H groups in total. The Morgan fingerprint density at radius 3 is 1.95 bits per heavy atom. The first-order valence-electron chi connectivity index (χ1n) is 27.4. The van der Waals surface area contributed by atoms with E-state index in [2.05, 4.69) is 264 Å². The zero-order valence-corrected chi connectivity index (χ0v) is 41.7. The van der Waals surface area contributed by atoms with Gasteiger partial charge in [0.15, 0.2) is 0 Å². The quantitative estimate of drug-likeness (QED) is 0.147. The van der Waals surface area contributed by atoms with E-state index in [0.717, 1.165) is 29.4 Å². The molecule has 10 aromatic rings. The third-order valence-electron chi connectivity index (χ3n) is 19.9. The van der Waals surface area contributed by atoms with E-state index in [-0.39, 0.29) is 17.3 Å². The Morgan fingerprint density at radius 2 is 1.12 bits per heavy atom. The highest BCUT2D eigenvalue weighted by atomic mass is 15.1. The molecule has 1 aromatic heterocycles. The Labute approximate surface area is 439 Å². The van der Waals surface area contributed by atoms with Gasteiger partial charge in [-0.25, -0.2) is 0 Å². The second-order valence-electron chi connectivity index (χ2n) is 22.7. The van der Waals surface area contributed by atoms with Crippen LogP contribution in [0.3, 0.4) is 0 Å². The maximum absolute atomic E-state index is 2.66. The molecule has 0 radical (unpaired) electrons. The van der Waals surface area contributed by atoms with Crippen LogP contribution >= 0.6 is 0 Å². The summed E-state index contributed by atoms with van der Waals surface area (Å²) < 4.78 is 2.42. The monoisotopic (exact) mass is 958 g/mol. The van der Waals surface area contributed by atoms with Crippen molar-refractivity contribution in [3.05, 3.63) is 283 Å². The average Bonchev–Trinajstić information content (AvgIpc) is 2.76. The molecule has 9 aromatic carbocycles. The number of para-hydroxylation sites is 4. The summed E-state index contributed by atoms with van der Waals surface area (Å²) in [4.78, 5) is 2.58. The van der Waals surface area contributed by atoms with Crippen LogP contribution < -0.4 is 4.90 Å². The van der Waals surface area contributed by atoms with Crippen LogP contribution in [0.2, 0.25) is 0 Å². The van der Waals surface area contributed by atoms with Gasteiger partial charge >= 0.3 is 0 Å². The minimum atomic E-state index is 0.100. The first kappa shape index (κ1) is 42.0. The molecule has 75 heavy (non-hydrogen) atoms. The number of allylic oxidation sites excluding steroid dienone is 8. The summed E-state index contributed by atoms with van der Waals surface area (Å²) in [6.07, 6.45) is 18.2. The van der Waals surface area contributed by atoms with Gasteiger partial charge in [0.1, 0.15) is 0 Å². The molecule has 0 saturated heterocycles. The lowest BCUT2D eigenvalue weighted by molar-refractivity contribution is -0.412. The lowest BCUT2D eigenvalue weighted by Gasteiger charge is -2.92. The summed E-state index contributed by atoms with van der Waals surface area (Å²) in [7, 11) is 0. The predicted molar refractivity (Wildman–Crippen MR) is 310 cm³/mol. The third kappa shape index (κ3) is 5.49. The van der Waals surface area contributed by atoms with Crippen molar-refractivity contribution in [3.63, 3.8) is 0 Å². The molecule has 2 nitrogen and oxygen atoms in total. The molecule has 6 unspecified atom stereocenters. The molecule has 4 fully saturated rings. The van der Waals surface area contributed by atoms with Crippen molar-refractivity contribution in [2.45, 2.75) is 30.6 Å². The molecule has 2 heteroatoms. The molecule has 0 amide bonds. The van der Waals surface area contributed by atoms with Gasteiger partial charge in [-0.05, 0) is 164 Å². The lowest BCUT2D eigenvalue weighted by atomic mass is 9.11. The lowest BCUT2D eigenvalue weighted by Crippen LogP contribution is -2.88. The topological polar surface area (TPSA) is 8.17 Å². The van der Waals surface area contributed by atoms with E-state index in [1.807, 2.05) is 0 Å². The fraction of sp³-hybridized carbons (Fsp3) is 0.151. The van der Waals surface area contributed by atoms with Gasteiger partial charge in [0.2, 0.25) is 0 Å². The highest BCUT2D eigenvalue weighted by Gasteiger charge is 2.90. The van der Waals surface area contributed by atoms with E-state index < -0.39 is 0 Å². The molecule has 4 saturated carbocycles. The molecule has 2 spiro atoms. The van der Waals surface area contributed by atoms with E-state index in [1.54, 1.807) is 11.1 Å². The van der Waals surface area contributed by atoms with E-state index in [0.29, 0.717) is 5.41 Å². The van der Waals surface area contributed by atoms with Crippen molar-refractivity contribution in [3.8, 4) is 39.1 Å². The van der Waals surface area contributed by atoms with Crippen molar-refractivity contribution in [1.29, 1.82) is 0 Å². The van der Waals surface area contributed by atoms with E-state index in [4.69, 9.17) is 0 Å². The van der Waals surface area contributed by atoms with Crippen molar-refractivity contribution in [1.82, 2.24) is 4.57 Å². The first-order valence-corrected chi connectivity index (χ1v) is 27.4. The fourth-order valence-electron chi connectivity index (χ4n) is 17.0. The molecular weight excluding hydrogens is 905 g/mol. The van der Waals surface area contributed by atoms with Crippen LogP contribution in [0.25, 0.3) is 66.4 Å². The van der Waals surface area contributed by atoms with Gasteiger partial charge in [0.25, 0.3) is 0 Å². The van der Waals surface area contributed by atoms with Gasteiger partial charge in [-0.1, -0.05) is 200 Å². The molecule has 0 bridgehead atoms. The van der Waals surface area contributed by atoms with Crippen molar-refractivity contribution in [2.24, 2.45) is 35.0 Å². The minimum absolute atomic E-state index is 0.100. The van der Waals surface area contributed by atoms with Crippen molar-refractivity contribution in [2.75, 3.05) is 4.90 Å². The number of nitrogens with zero attached hydrogens (tertiary/aromatic N) is 2. The minimum Gasteiger partial charge on any atom is -0.310 e. The standard InChI is InChI=1S/C73H54N2/c1-3-17-47(18-4-1)56-27-15-19-48-20-16-28-62(71(48)56)60-26-10-14-32-67(60)74(54-37-33-46(34-38-54)49-35-40-61-59-25-9-13-31-66(59)75(68(61)42-49)53-21-5-2-6-22-53)65-30-12-8-23-55(65)50-36-39-58-57-24-7-11-29-63(57)73(64(58)41-50)69-44-51-43-52-45-70(73)72(51,52)69/h1-42,51-52,62,69-71H,43-45H2. The highest BCUT2D eigenvalue weighted by molar-refractivity contribution is 6.10. The van der Waals surface area contributed by atoms with E-state index in [1.165, 1.54) is 114 Å². The normalized spacial score (nSPS) is 25.6. The average molecular weight is 959 g/mol. The maximum Gasteiger partial charge on any atom is 0.0547 e. The first-order chi connectivity index (χ1) is 37.2. The van der Waals surface area contributed by atoms with Crippen LogP contribution in [0.15, 0.2) is 260 Å². The summed E-state index contributed by atoms with van der Waals surface area (Å²) in [6, 6.07) is 82.6. The van der Waals surface area contributed by atoms with Crippen LogP contribution in [-0.2, 0) is 5.41 Å². The Bertz CT molecular complexity index is 4120. The number of fused-ring (bicyclic) bond motifs is 11. The van der Waals surface area contributed by atoms with Crippen LogP contribution in [0.4, 0.5) is 17.1 Å². The molecule has 6 atom stereocenters. The smallest absolute Gasteiger partial charge is 0.0547 e. The van der Waals surface area contributed by atoms with E-state index in [9.17, 15) is 0 Å². The number of hydrogen-bond acceptors (Lipinski definition) is 1. The fourth-order valence-corrected chi connectivity index (χ4v) is 17.0. The molecule has 17 rings (SSSR count). The molecule has 7 aliphatic carbocycles. The largest absolute Gasteiger partial charge is 0.310 e. The van der Waals surface area contributed by atoms with Crippen LogP contribution in [0.5, 0.6) is 0 Å². The van der Waals surface area contributed by atoms with Gasteiger partial charge in [-0.15, -0.1) is 0 Å². The Balaban J connectivity index is 0.829. The summed E-state index contributed by atoms with van der Waals surface area (Å²) >= 11 is 0. The van der Waals surface area contributed by atoms with E-state index >= 15 is 0 Å². The predicted octanol–water partition coefficient (Wildman–Crippen LogP) is 18.4. The number of rotatable bonds is 8. The molecule has 1 heterocycles. The van der Waals surface area contributed by atoms with Crippen LogP contribution in [0, 0.1) is 35.0 Å². The van der Waals surface area contributed by atoms with Crippen LogP contribution in [0.1, 0.15) is 47.4 Å². The van der Waals surface area contributed by atoms with Crippen molar-refractivity contribution >= 4 is 44.4 Å². The van der Waals surface area contributed by atoms with Gasteiger partial charge in [-0.2, -0.15) is 0 Å². The Kier molecular flexibility index (Phi) is 8.69. The molecule has 7 aliphatic rings. The van der Waals surface area contributed by atoms with Gasteiger partial charge < -0.3 is 9.47 Å². The number of aromatic nitrogens is 1. The number of anilines is 3. The molecular formula is C73H54N2. The third-order valence-corrected chi connectivity index (χ3v) is 19.9. The van der Waals surface area contributed by atoms with Gasteiger partial charge in [-0.3, -0.25) is 0 Å². The zero-order valence-electron chi connectivity index (χ0n) is 41.7. The van der Waals surface area contributed by atoms with Crippen molar-refractivity contribution < 1.29 is 0 Å². The summed E-state index contributed by atoms with van der Waals surface area (Å²) in [5, 5.41) is 2.53. The Morgan fingerprint density at radius 1 is 0.453 bits per heavy atom. The molecule has 356 valence electrons. The van der Waals surface area contributed by atoms with Crippen LogP contribution in [-0.4, -0.2) is 4.57 Å².